The van der Waals surface area contributed by atoms with E-state index >= 15 is 0 Å². The van der Waals surface area contributed by atoms with Gasteiger partial charge in [0.1, 0.15) is 0 Å². The Labute approximate surface area is 108 Å². The molecular weight excluding hydrogens is 208 g/mol. The van der Waals surface area contributed by atoms with Gasteiger partial charge in [0.25, 0.3) is 0 Å². The second-order valence-corrected chi connectivity index (χ2v) is 5.70. The van der Waals surface area contributed by atoms with Crippen LogP contribution in [0.15, 0.2) is 0 Å². The van der Waals surface area contributed by atoms with Crippen LogP contribution in [0.1, 0.15) is 59.3 Å². The zero-order chi connectivity index (χ0) is 12.6. The van der Waals surface area contributed by atoms with E-state index in [0.29, 0.717) is 5.41 Å². The van der Waals surface area contributed by atoms with Gasteiger partial charge in [0.05, 0.1) is 0 Å². The molecule has 1 N–H and O–H groups in total. The summed E-state index contributed by atoms with van der Waals surface area (Å²) in [5, 5.41) is 3.67. The lowest BCUT2D eigenvalue weighted by atomic mass is 9.73. The molecule has 0 aromatic rings. The predicted octanol–water partition coefficient (Wildman–Crippen LogP) is 3.28. The molecule has 0 unspecified atom stereocenters. The predicted molar refractivity (Wildman–Crippen MR) is 76.5 cm³/mol. The highest BCUT2D eigenvalue weighted by atomic mass is 15.1. The van der Waals surface area contributed by atoms with Gasteiger partial charge >= 0.3 is 0 Å². The molecule has 0 bridgehead atoms. The molecule has 1 rings (SSSR count). The number of hydrogen-bond acceptors (Lipinski definition) is 2. The summed E-state index contributed by atoms with van der Waals surface area (Å²) in [6.07, 6.45) is 8.44. The van der Waals surface area contributed by atoms with Crippen molar-refractivity contribution in [2.45, 2.75) is 59.3 Å². The van der Waals surface area contributed by atoms with E-state index in [9.17, 15) is 0 Å². The highest BCUT2D eigenvalue weighted by molar-refractivity contribution is 4.87. The van der Waals surface area contributed by atoms with E-state index in [4.69, 9.17) is 0 Å². The van der Waals surface area contributed by atoms with E-state index < -0.39 is 0 Å². The van der Waals surface area contributed by atoms with E-state index in [2.05, 4.69) is 31.0 Å². The molecular formula is C15H32N2. The average Bonchev–Trinajstić information content (AvgIpc) is 2.37. The van der Waals surface area contributed by atoms with Crippen LogP contribution >= 0.6 is 0 Å². The van der Waals surface area contributed by atoms with Crippen LogP contribution in [0.25, 0.3) is 0 Å². The maximum atomic E-state index is 3.67. The number of rotatable bonds is 8. The SMILES string of the molecule is CCCNCC1(CN(CC)CC)CCCCC1. The molecule has 0 spiro atoms. The minimum Gasteiger partial charge on any atom is -0.316 e. The van der Waals surface area contributed by atoms with E-state index in [1.807, 2.05) is 0 Å². The molecule has 1 saturated carbocycles. The van der Waals surface area contributed by atoms with Crippen LogP contribution in [0.3, 0.4) is 0 Å². The van der Waals surface area contributed by atoms with Crippen LogP contribution in [-0.2, 0) is 0 Å². The summed E-state index contributed by atoms with van der Waals surface area (Å²) in [7, 11) is 0. The smallest absolute Gasteiger partial charge is 0.00499 e. The summed E-state index contributed by atoms with van der Waals surface area (Å²) < 4.78 is 0. The first-order valence-corrected chi connectivity index (χ1v) is 7.69. The van der Waals surface area contributed by atoms with Gasteiger partial charge in [-0.05, 0) is 44.3 Å². The van der Waals surface area contributed by atoms with Crippen LogP contribution in [0.5, 0.6) is 0 Å². The van der Waals surface area contributed by atoms with Crippen molar-refractivity contribution in [3.8, 4) is 0 Å². The van der Waals surface area contributed by atoms with Gasteiger partial charge in [0.2, 0.25) is 0 Å². The zero-order valence-electron chi connectivity index (χ0n) is 12.2. The lowest BCUT2D eigenvalue weighted by Gasteiger charge is -2.41. The Balaban J connectivity index is 2.50. The van der Waals surface area contributed by atoms with Gasteiger partial charge in [-0.1, -0.05) is 40.0 Å². The Morgan fingerprint density at radius 1 is 1.00 bits per heavy atom. The average molecular weight is 240 g/mol. The standard InChI is InChI=1S/C15H32N2/c1-4-12-16-13-15(10-8-7-9-11-15)14-17(5-2)6-3/h16H,4-14H2,1-3H3. The van der Waals surface area contributed by atoms with Gasteiger partial charge in [-0.3, -0.25) is 0 Å². The van der Waals surface area contributed by atoms with E-state index in [0.717, 1.165) is 0 Å². The van der Waals surface area contributed by atoms with Crippen molar-refractivity contribution in [3.05, 3.63) is 0 Å². The Morgan fingerprint density at radius 3 is 2.18 bits per heavy atom. The molecule has 1 aliphatic carbocycles. The van der Waals surface area contributed by atoms with E-state index in [1.54, 1.807) is 0 Å². The second-order valence-electron chi connectivity index (χ2n) is 5.70. The van der Waals surface area contributed by atoms with Crippen molar-refractivity contribution in [1.82, 2.24) is 10.2 Å². The Morgan fingerprint density at radius 2 is 1.65 bits per heavy atom. The third-order valence-corrected chi connectivity index (χ3v) is 4.29. The highest BCUT2D eigenvalue weighted by Crippen LogP contribution is 2.36. The molecule has 0 saturated heterocycles. The molecule has 102 valence electrons. The molecule has 1 aliphatic rings. The van der Waals surface area contributed by atoms with Crippen LogP contribution in [0.2, 0.25) is 0 Å². The lowest BCUT2D eigenvalue weighted by Crippen LogP contribution is -2.45. The second kappa shape index (κ2) is 8.10. The molecule has 0 heterocycles. The molecule has 1 fully saturated rings. The molecule has 0 aromatic carbocycles. The molecule has 2 heteroatoms. The fraction of sp³-hybridized carbons (Fsp3) is 1.00. The van der Waals surface area contributed by atoms with Crippen molar-refractivity contribution < 1.29 is 0 Å². The van der Waals surface area contributed by atoms with Crippen molar-refractivity contribution in [2.75, 3.05) is 32.7 Å². The van der Waals surface area contributed by atoms with Crippen LogP contribution in [-0.4, -0.2) is 37.6 Å². The minimum atomic E-state index is 0.569. The van der Waals surface area contributed by atoms with Crippen molar-refractivity contribution in [2.24, 2.45) is 5.41 Å². The van der Waals surface area contributed by atoms with Crippen LogP contribution in [0, 0.1) is 5.41 Å². The first kappa shape index (κ1) is 15.0. The maximum absolute atomic E-state index is 3.67. The third kappa shape index (κ3) is 4.97. The first-order valence-electron chi connectivity index (χ1n) is 7.69. The van der Waals surface area contributed by atoms with Gasteiger partial charge in [0, 0.05) is 13.1 Å². The summed E-state index contributed by atoms with van der Waals surface area (Å²) in [5.41, 5.74) is 0.569. The summed E-state index contributed by atoms with van der Waals surface area (Å²) in [6.45, 7) is 13.0. The highest BCUT2D eigenvalue weighted by Gasteiger charge is 2.32. The van der Waals surface area contributed by atoms with Gasteiger partial charge in [-0.15, -0.1) is 0 Å². The number of nitrogens with one attached hydrogen (secondary N) is 1. The topological polar surface area (TPSA) is 15.3 Å². The quantitative estimate of drug-likeness (QED) is 0.655. The van der Waals surface area contributed by atoms with Crippen molar-refractivity contribution in [1.29, 1.82) is 0 Å². The van der Waals surface area contributed by atoms with Gasteiger partial charge in [0.15, 0.2) is 0 Å². The summed E-state index contributed by atoms with van der Waals surface area (Å²) in [4.78, 5) is 2.61. The summed E-state index contributed by atoms with van der Waals surface area (Å²) >= 11 is 0. The Kier molecular flexibility index (Phi) is 7.14. The van der Waals surface area contributed by atoms with Crippen molar-refractivity contribution in [3.63, 3.8) is 0 Å². The zero-order valence-corrected chi connectivity index (χ0v) is 12.2. The lowest BCUT2D eigenvalue weighted by molar-refractivity contribution is 0.109. The van der Waals surface area contributed by atoms with Gasteiger partial charge in [-0.25, -0.2) is 0 Å². The minimum absolute atomic E-state index is 0.569. The molecule has 0 atom stereocenters. The summed E-state index contributed by atoms with van der Waals surface area (Å²) in [5.74, 6) is 0. The van der Waals surface area contributed by atoms with E-state index in [1.165, 1.54) is 71.2 Å². The summed E-state index contributed by atoms with van der Waals surface area (Å²) in [6, 6.07) is 0. The van der Waals surface area contributed by atoms with Crippen LogP contribution in [0.4, 0.5) is 0 Å². The third-order valence-electron chi connectivity index (χ3n) is 4.29. The molecule has 0 aliphatic heterocycles. The fourth-order valence-corrected chi connectivity index (χ4v) is 3.14. The van der Waals surface area contributed by atoms with Gasteiger partial charge < -0.3 is 10.2 Å². The van der Waals surface area contributed by atoms with Crippen molar-refractivity contribution >= 4 is 0 Å². The number of hydrogen-bond donors (Lipinski definition) is 1. The molecule has 0 aromatic heterocycles. The normalized spacial score (nSPS) is 19.8. The first-order chi connectivity index (χ1) is 8.26. The van der Waals surface area contributed by atoms with Crippen LogP contribution < -0.4 is 5.32 Å². The molecule has 2 nitrogen and oxygen atoms in total. The largest absolute Gasteiger partial charge is 0.316 e. The monoisotopic (exact) mass is 240 g/mol. The molecule has 0 amide bonds. The van der Waals surface area contributed by atoms with E-state index in [-0.39, 0.29) is 0 Å². The Hall–Kier alpha value is -0.0800. The fourth-order valence-electron chi connectivity index (χ4n) is 3.14. The molecule has 17 heavy (non-hydrogen) atoms. The molecule has 0 radical (unpaired) electrons. The Bertz CT molecular complexity index is 181. The maximum Gasteiger partial charge on any atom is 0.00499 e. The number of nitrogens with zero attached hydrogens (tertiary/aromatic N) is 1. The van der Waals surface area contributed by atoms with Gasteiger partial charge in [-0.2, -0.15) is 0 Å².